The fourth-order valence-corrected chi connectivity index (χ4v) is 4.50. The molecule has 0 saturated carbocycles. The number of nitrogens with zero attached hydrogens (tertiary/aromatic N) is 4. The number of sulfonamides is 1. The molecule has 154 valence electrons. The van der Waals surface area contributed by atoms with Crippen molar-refractivity contribution in [3.05, 3.63) is 70.7 Å². The Labute approximate surface area is 181 Å². The van der Waals surface area contributed by atoms with E-state index in [1.165, 1.54) is 29.7 Å². The lowest BCUT2D eigenvalue weighted by molar-refractivity contribution is 0.601. The number of nitrogens with two attached hydrogens (primary N) is 1. The molecule has 0 unspecified atom stereocenters. The summed E-state index contributed by atoms with van der Waals surface area (Å²) in [5.41, 5.74) is 7.54. The first-order valence-electron chi connectivity index (χ1n) is 8.63. The quantitative estimate of drug-likeness (QED) is 0.383. The van der Waals surface area contributed by atoms with Crippen molar-refractivity contribution in [2.75, 3.05) is 15.8 Å². The second-order valence-electron chi connectivity index (χ2n) is 6.17. The predicted molar refractivity (Wildman–Crippen MR) is 118 cm³/mol. The molecule has 0 bridgehead atoms. The summed E-state index contributed by atoms with van der Waals surface area (Å²) < 4.78 is 28.8. The summed E-state index contributed by atoms with van der Waals surface area (Å²) in [6, 6.07) is 13.5. The third-order valence-corrected chi connectivity index (χ3v) is 6.45. The topological polar surface area (TPSA) is 128 Å². The number of thiazole rings is 1. The van der Waals surface area contributed by atoms with Crippen LogP contribution in [0, 0.1) is 0 Å². The molecule has 12 heteroatoms. The lowest BCUT2D eigenvalue weighted by Crippen LogP contribution is -2.12. The fraction of sp³-hybridized carbons (Fsp3) is 0.0556. The van der Waals surface area contributed by atoms with Gasteiger partial charge in [-0.2, -0.15) is 4.98 Å². The Hall–Kier alpha value is -3.15. The summed E-state index contributed by atoms with van der Waals surface area (Å²) in [6.45, 7) is 0.442. The highest BCUT2D eigenvalue weighted by atomic mass is 35.5. The molecule has 0 aliphatic heterocycles. The summed E-state index contributed by atoms with van der Waals surface area (Å²) in [5, 5.41) is 10.0. The van der Waals surface area contributed by atoms with Crippen molar-refractivity contribution in [1.29, 1.82) is 0 Å². The number of nitrogen functional groups attached to an aromatic ring is 1. The zero-order chi connectivity index (χ0) is 21.1. The van der Waals surface area contributed by atoms with Crippen LogP contribution in [0.2, 0.25) is 5.02 Å². The highest BCUT2D eigenvalue weighted by molar-refractivity contribution is 7.93. The van der Waals surface area contributed by atoms with Crippen LogP contribution in [-0.2, 0) is 16.6 Å². The molecular formula is C18H16ClN7O2S2. The number of aromatic nitrogens is 4. The Kier molecular flexibility index (Phi) is 5.57. The molecule has 2 aromatic heterocycles. The average molecular weight is 462 g/mol. The van der Waals surface area contributed by atoms with Crippen molar-refractivity contribution in [3.8, 4) is 0 Å². The van der Waals surface area contributed by atoms with E-state index in [1.807, 2.05) is 12.1 Å². The van der Waals surface area contributed by atoms with Gasteiger partial charge in [0.1, 0.15) is 0 Å². The van der Waals surface area contributed by atoms with E-state index in [2.05, 4.69) is 25.1 Å². The van der Waals surface area contributed by atoms with Gasteiger partial charge in [0.05, 0.1) is 11.4 Å². The van der Waals surface area contributed by atoms with Gasteiger partial charge < -0.3 is 11.1 Å². The predicted octanol–water partition coefficient (Wildman–Crippen LogP) is 3.56. The lowest BCUT2D eigenvalue weighted by atomic mass is 10.2. The van der Waals surface area contributed by atoms with E-state index >= 15 is 0 Å². The van der Waals surface area contributed by atoms with Gasteiger partial charge in [-0.15, -0.1) is 16.4 Å². The molecule has 4 N–H and O–H groups in total. The third-order valence-electron chi connectivity index (χ3n) is 4.02. The van der Waals surface area contributed by atoms with Gasteiger partial charge in [-0.3, -0.25) is 4.72 Å². The van der Waals surface area contributed by atoms with E-state index in [-0.39, 0.29) is 10.8 Å². The molecule has 30 heavy (non-hydrogen) atoms. The molecule has 0 fully saturated rings. The Morgan fingerprint density at radius 2 is 1.83 bits per heavy atom. The van der Waals surface area contributed by atoms with Crippen LogP contribution in [0.25, 0.3) is 0 Å². The summed E-state index contributed by atoms with van der Waals surface area (Å²) in [6.07, 6.45) is 1.53. The number of nitrogens with one attached hydrogen (secondary N) is 2. The van der Waals surface area contributed by atoms with Crippen molar-refractivity contribution in [2.45, 2.75) is 11.4 Å². The molecule has 0 radical (unpaired) electrons. The minimum Gasteiger partial charge on any atom is -0.368 e. The largest absolute Gasteiger partial charge is 0.368 e. The molecule has 0 amide bonds. The molecule has 0 atom stereocenters. The van der Waals surface area contributed by atoms with E-state index in [1.54, 1.807) is 34.3 Å². The van der Waals surface area contributed by atoms with Gasteiger partial charge in [-0.1, -0.05) is 23.7 Å². The van der Waals surface area contributed by atoms with E-state index in [4.69, 9.17) is 17.3 Å². The van der Waals surface area contributed by atoms with Crippen LogP contribution < -0.4 is 15.8 Å². The lowest BCUT2D eigenvalue weighted by Gasteiger charge is -2.07. The van der Waals surface area contributed by atoms with Gasteiger partial charge in [0.25, 0.3) is 10.0 Å². The van der Waals surface area contributed by atoms with Crippen molar-refractivity contribution in [2.24, 2.45) is 0 Å². The maximum absolute atomic E-state index is 12.4. The van der Waals surface area contributed by atoms with Gasteiger partial charge in [0, 0.05) is 22.3 Å². The average Bonchev–Trinajstić information content (AvgIpc) is 3.33. The Morgan fingerprint density at radius 3 is 2.50 bits per heavy atom. The zero-order valence-corrected chi connectivity index (χ0v) is 17.7. The number of anilines is 4. The Morgan fingerprint density at radius 1 is 1.10 bits per heavy atom. The maximum atomic E-state index is 12.4. The summed E-state index contributed by atoms with van der Waals surface area (Å²) >= 11 is 7.10. The number of rotatable bonds is 7. The van der Waals surface area contributed by atoms with E-state index in [0.29, 0.717) is 28.3 Å². The number of hydrogen-bond donors (Lipinski definition) is 3. The second kappa shape index (κ2) is 8.30. The molecule has 4 rings (SSSR count). The fourth-order valence-electron chi connectivity index (χ4n) is 2.58. The molecule has 0 aliphatic rings. The molecular weight excluding hydrogens is 446 g/mol. The molecule has 0 aliphatic carbocycles. The summed E-state index contributed by atoms with van der Waals surface area (Å²) in [4.78, 5) is 8.23. The van der Waals surface area contributed by atoms with Gasteiger partial charge in [-0.25, -0.2) is 18.1 Å². The van der Waals surface area contributed by atoms with Crippen LogP contribution in [0.15, 0.2) is 65.0 Å². The first-order valence-corrected chi connectivity index (χ1v) is 11.4. The minimum absolute atomic E-state index is 0.115. The smallest absolute Gasteiger partial charge is 0.263 e. The molecule has 4 aromatic rings. The molecule has 0 spiro atoms. The minimum atomic E-state index is -3.71. The van der Waals surface area contributed by atoms with Crippen LogP contribution in [0.4, 0.5) is 22.7 Å². The van der Waals surface area contributed by atoms with Gasteiger partial charge in [0.15, 0.2) is 5.13 Å². The van der Waals surface area contributed by atoms with Crippen molar-refractivity contribution < 1.29 is 8.42 Å². The van der Waals surface area contributed by atoms with Crippen molar-refractivity contribution in [3.63, 3.8) is 0 Å². The molecule has 9 nitrogen and oxygen atoms in total. The van der Waals surface area contributed by atoms with Crippen LogP contribution in [0.1, 0.15) is 5.56 Å². The first-order chi connectivity index (χ1) is 14.4. The molecule has 2 aromatic carbocycles. The number of hydrogen-bond acceptors (Lipinski definition) is 8. The van der Waals surface area contributed by atoms with Crippen LogP contribution in [-0.4, -0.2) is 28.2 Å². The highest BCUT2D eigenvalue weighted by Gasteiger charge is 2.15. The van der Waals surface area contributed by atoms with E-state index < -0.39 is 10.0 Å². The summed E-state index contributed by atoms with van der Waals surface area (Å²) in [5.74, 6) is 0.553. The first kappa shape index (κ1) is 20.1. The normalized spacial score (nSPS) is 11.4. The zero-order valence-electron chi connectivity index (χ0n) is 15.4. The SMILES string of the molecule is Nc1nc(Nc2ccc(S(=O)(=O)Nc3nccs3)cc2)nn1Cc1ccc(Cl)cc1. The highest BCUT2D eigenvalue weighted by Crippen LogP contribution is 2.21. The maximum Gasteiger partial charge on any atom is 0.263 e. The van der Waals surface area contributed by atoms with E-state index in [0.717, 1.165) is 5.56 Å². The number of halogens is 1. The van der Waals surface area contributed by atoms with Gasteiger partial charge in [0.2, 0.25) is 11.9 Å². The standard InChI is InChI=1S/C18H16ClN7O2S2/c19-13-3-1-12(2-4-13)11-26-16(20)23-17(24-26)22-14-5-7-15(8-6-14)30(27,28)25-18-21-9-10-29-18/h1-10H,11H2,(H,21,25)(H3,20,22,23,24). The van der Waals surface area contributed by atoms with Gasteiger partial charge in [-0.05, 0) is 42.0 Å². The van der Waals surface area contributed by atoms with Crippen LogP contribution in [0.5, 0.6) is 0 Å². The Bertz CT molecular complexity index is 1240. The number of benzene rings is 2. The van der Waals surface area contributed by atoms with Gasteiger partial charge >= 0.3 is 0 Å². The van der Waals surface area contributed by atoms with Crippen LogP contribution >= 0.6 is 22.9 Å². The van der Waals surface area contributed by atoms with E-state index in [9.17, 15) is 8.42 Å². The third kappa shape index (κ3) is 4.70. The summed E-state index contributed by atoms with van der Waals surface area (Å²) in [7, 11) is -3.71. The monoisotopic (exact) mass is 461 g/mol. The van der Waals surface area contributed by atoms with Crippen molar-refractivity contribution >= 4 is 55.7 Å². The molecule has 2 heterocycles. The molecule has 0 saturated heterocycles. The van der Waals surface area contributed by atoms with Crippen molar-refractivity contribution in [1.82, 2.24) is 19.7 Å². The van der Waals surface area contributed by atoms with Crippen LogP contribution in [0.3, 0.4) is 0 Å². The second-order valence-corrected chi connectivity index (χ2v) is 9.18. The Balaban J connectivity index is 1.45.